The van der Waals surface area contributed by atoms with Crippen LogP contribution in [0.25, 0.3) is 6.08 Å². The molecule has 0 bridgehead atoms. The first-order valence-corrected chi connectivity index (χ1v) is 6.97. The van der Waals surface area contributed by atoms with Crippen LogP contribution in [0.4, 0.5) is 4.79 Å². The van der Waals surface area contributed by atoms with Gasteiger partial charge < -0.3 is 4.90 Å². The highest BCUT2D eigenvalue weighted by Gasteiger charge is 2.36. The van der Waals surface area contributed by atoms with E-state index < -0.39 is 0 Å². The van der Waals surface area contributed by atoms with Crippen molar-refractivity contribution in [3.05, 3.63) is 39.8 Å². The molecule has 1 fully saturated rings. The Kier molecular flexibility index (Phi) is 4.29. The summed E-state index contributed by atoms with van der Waals surface area (Å²) in [4.78, 5) is 26.6. The number of quaternary nitrogens is 1. The summed E-state index contributed by atoms with van der Waals surface area (Å²) < 4.78 is 0. The molecule has 1 aliphatic heterocycles. The molecular weight excluding hydrogens is 284 g/mol. The summed E-state index contributed by atoms with van der Waals surface area (Å²) >= 11 is 6.99. The third-order valence-corrected chi connectivity index (χ3v) is 3.79. The average Bonchev–Trinajstić information content (AvgIpc) is 2.60. The van der Waals surface area contributed by atoms with E-state index in [9.17, 15) is 9.59 Å². The first-order valence-electron chi connectivity index (χ1n) is 5.78. The minimum Gasteiger partial charge on any atom is -0.322 e. The van der Waals surface area contributed by atoms with E-state index in [4.69, 9.17) is 11.6 Å². The summed E-state index contributed by atoms with van der Waals surface area (Å²) in [7, 11) is 3.78. The van der Waals surface area contributed by atoms with E-state index in [0.29, 0.717) is 16.6 Å². The molecule has 2 rings (SSSR count). The van der Waals surface area contributed by atoms with Gasteiger partial charge in [-0.25, -0.2) is 4.90 Å². The molecule has 1 aromatic rings. The predicted octanol–water partition coefficient (Wildman–Crippen LogP) is 1.48. The normalized spacial score (nSPS) is 17.9. The molecule has 0 saturated carbocycles. The van der Waals surface area contributed by atoms with E-state index in [1.807, 2.05) is 32.3 Å². The van der Waals surface area contributed by atoms with Gasteiger partial charge in [0.05, 0.1) is 19.0 Å². The van der Waals surface area contributed by atoms with Gasteiger partial charge in [0, 0.05) is 5.02 Å². The number of hydrogen-bond acceptors (Lipinski definition) is 3. The van der Waals surface area contributed by atoms with Crippen molar-refractivity contribution in [3.8, 4) is 0 Å². The predicted molar refractivity (Wildman–Crippen MR) is 76.9 cm³/mol. The highest BCUT2D eigenvalue weighted by molar-refractivity contribution is 8.18. The van der Waals surface area contributed by atoms with E-state index in [-0.39, 0.29) is 11.1 Å². The summed E-state index contributed by atoms with van der Waals surface area (Å²) in [5.74, 6) is -0.254. The van der Waals surface area contributed by atoms with Gasteiger partial charge in [0.2, 0.25) is 0 Å². The molecule has 6 heteroatoms. The fraction of sp³-hybridized carbons (Fsp3) is 0.231. The largest absolute Gasteiger partial charge is 0.322 e. The molecule has 1 saturated heterocycles. The Hall–Kier alpha value is -1.30. The van der Waals surface area contributed by atoms with Gasteiger partial charge in [0.1, 0.15) is 0 Å². The smallest absolute Gasteiger partial charge is 0.298 e. The molecule has 0 radical (unpaired) electrons. The lowest BCUT2D eigenvalue weighted by Crippen LogP contribution is -3.07. The fourth-order valence-electron chi connectivity index (χ4n) is 1.69. The van der Waals surface area contributed by atoms with E-state index >= 15 is 0 Å². The number of halogens is 1. The number of amides is 2. The second-order valence-corrected chi connectivity index (χ2v) is 5.90. The molecule has 0 aromatic heterocycles. The average molecular weight is 298 g/mol. The first-order chi connectivity index (χ1) is 8.99. The zero-order valence-electron chi connectivity index (χ0n) is 10.6. The maximum atomic E-state index is 12.1. The lowest BCUT2D eigenvalue weighted by atomic mass is 10.2. The maximum absolute atomic E-state index is 12.1. The molecule has 19 heavy (non-hydrogen) atoms. The molecule has 0 spiro atoms. The standard InChI is InChI=1S/C13H13ClN2O2S/c1-15(2)8-16-12(17)11(19-13(16)18)7-9-5-3-4-6-10(9)14/h3-7H,8H2,1-2H3/p+1/b11-7+. The van der Waals surface area contributed by atoms with E-state index in [1.54, 1.807) is 12.1 Å². The minimum absolute atomic E-state index is 0.232. The van der Waals surface area contributed by atoms with Gasteiger partial charge in [-0.2, -0.15) is 0 Å². The van der Waals surface area contributed by atoms with E-state index in [2.05, 4.69) is 0 Å². The van der Waals surface area contributed by atoms with Crippen molar-refractivity contribution in [2.45, 2.75) is 0 Å². The molecule has 1 aliphatic rings. The van der Waals surface area contributed by atoms with Gasteiger partial charge in [-0.15, -0.1) is 0 Å². The van der Waals surface area contributed by atoms with Crippen LogP contribution in [0.15, 0.2) is 29.2 Å². The van der Waals surface area contributed by atoms with Crippen LogP contribution in [0.5, 0.6) is 0 Å². The summed E-state index contributed by atoms with van der Waals surface area (Å²) in [5.41, 5.74) is 0.742. The second kappa shape index (κ2) is 5.77. The molecule has 100 valence electrons. The van der Waals surface area contributed by atoms with Crippen molar-refractivity contribution >= 4 is 40.6 Å². The number of nitrogens with one attached hydrogen (secondary N) is 1. The van der Waals surface area contributed by atoms with Crippen molar-refractivity contribution < 1.29 is 14.5 Å². The fourth-order valence-corrected chi connectivity index (χ4v) is 2.71. The van der Waals surface area contributed by atoms with Crippen molar-refractivity contribution in [2.24, 2.45) is 0 Å². The Balaban J connectivity index is 2.26. The van der Waals surface area contributed by atoms with Crippen molar-refractivity contribution in [1.29, 1.82) is 0 Å². The van der Waals surface area contributed by atoms with Crippen LogP contribution in [0, 0.1) is 0 Å². The topological polar surface area (TPSA) is 41.8 Å². The van der Waals surface area contributed by atoms with Crippen LogP contribution in [-0.2, 0) is 4.79 Å². The van der Waals surface area contributed by atoms with Crippen LogP contribution in [0.3, 0.4) is 0 Å². The number of rotatable bonds is 3. The van der Waals surface area contributed by atoms with Crippen LogP contribution >= 0.6 is 23.4 Å². The minimum atomic E-state index is -0.254. The van der Waals surface area contributed by atoms with Gasteiger partial charge >= 0.3 is 0 Å². The summed E-state index contributed by atoms with van der Waals surface area (Å²) in [6.07, 6.45) is 1.66. The highest BCUT2D eigenvalue weighted by Crippen LogP contribution is 2.32. The molecule has 1 heterocycles. The molecule has 0 unspecified atom stereocenters. The Bertz CT molecular complexity index is 557. The molecule has 4 nitrogen and oxygen atoms in total. The molecule has 1 aromatic carbocycles. The number of hydrogen-bond donors (Lipinski definition) is 1. The Morgan fingerprint density at radius 1 is 1.32 bits per heavy atom. The summed E-state index contributed by atoms with van der Waals surface area (Å²) in [6.45, 7) is 0.366. The highest BCUT2D eigenvalue weighted by atomic mass is 35.5. The third-order valence-electron chi connectivity index (χ3n) is 2.54. The van der Waals surface area contributed by atoms with Gasteiger partial charge in [-0.05, 0) is 29.5 Å². The van der Waals surface area contributed by atoms with Crippen LogP contribution < -0.4 is 4.90 Å². The first kappa shape index (κ1) is 14.1. The zero-order chi connectivity index (χ0) is 14.0. The number of nitrogens with zero attached hydrogens (tertiary/aromatic N) is 1. The Labute approximate surface area is 121 Å². The lowest BCUT2D eigenvalue weighted by molar-refractivity contribution is -0.866. The number of imide groups is 1. The molecule has 1 N–H and O–H groups in total. The zero-order valence-corrected chi connectivity index (χ0v) is 12.2. The SMILES string of the molecule is C[NH+](C)CN1C(=O)S/C(=C/c2ccccc2Cl)C1=O. The van der Waals surface area contributed by atoms with Crippen molar-refractivity contribution in [1.82, 2.24) is 4.90 Å². The molecule has 0 aliphatic carbocycles. The van der Waals surface area contributed by atoms with Gasteiger partial charge in [0.15, 0.2) is 6.67 Å². The number of carbonyl (C=O) groups excluding carboxylic acids is 2. The Morgan fingerprint density at radius 2 is 2.00 bits per heavy atom. The van der Waals surface area contributed by atoms with Gasteiger partial charge in [0.25, 0.3) is 11.1 Å². The van der Waals surface area contributed by atoms with Crippen molar-refractivity contribution in [3.63, 3.8) is 0 Å². The summed E-state index contributed by atoms with van der Waals surface area (Å²) in [5, 5.41) is 0.331. The maximum Gasteiger partial charge on any atom is 0.298 e. The van der Waals surface area contributed by atoms with Crippen LogP contribution in [-0.4, -0.2) is 36.8 Å². The lowest BCUT2D eigenvalue weighted by Gasteiger charge is -2.14. The molecular formula is C13H14ClN2O2S+. The van der Waals surface area contributed by atoms with Crippen molar-refractivity contribution in [2.75, 3.05) is 20.8 Å². The van der Waals surface area contributed by atoms with Gasteiger partial charge in [-0.3, -0.25) is 9.59 Å². The molecule has 2 amide bonds. The third kappa shape index (κ3) is 3.18. The van der Waals surface area contributed by atoms with Crippen LogP contribution in [0.2, 0.25) is 5.02 Å². The van der Waals surface area contributed by atoms with Gasteiger partial charge in [-0.1, -0.05) is 29.8 Å². The van der Waals surface area contributed by atoms with E-state index in [0.717, 1.165) is 22.2 Å². The number of thioether (sulfide) groups is 1. The number of carbonyl (C=O) groups is 2. The van der Waals surface area contributed by atoms with E-state index in [1.165, 1.54) is 4.90 Å². The Morgan fingerprint density at radius 3 is 2.63 bits per heavy atom. The number of benzene rings is 1. The van der Waals surface area contributed by atoms with Crippen LogP contribution in [0.1, 0.15) is 5.56 Å². The monoisotopic (exact) mass is 297 g/mol. The summed E-state index contributed by atoms with van der Waals surface area (Å²) in [6, 6.07) is 7.22. The second-order valence-electron chi connectivity index (χ2n) is 4.50. The quantitative estimate of drug-likeness (QED) is 0.859. The molecule has 0 atom stereocenters.